The summed E-state index contributed by atoms with van der Waals surface area (Å²) in [6.45, 7) is 3.26. The molecule has 12 nitrogen and oxygen atoms in total. The lowest BCUT2D eigenvalue weighted by molar-refractivity contribution is -0.177. The number of fused-ring (bicyclic) bond motifs is 3. The molecule has 5 N–H and O–H groups in total. The molecule has 1 aromatic heterocycles. The second-order valence-electron chi connectivity index (χ2n) is 12.6. The third-order valence-corrected chi connectivity index (χ3v) is 9.74. The maximum absolute atomic E-state index is 14.1. The predicted octanol–water partition coefficient (Wildman–Crippen LogP) is 1.35. The first kappa shape index (κ1) is 29.1. The van der Waals surface area contributed by atoms with E-state index in [-0.39, 0.29) is 30.9 Å². The molecule has 4 heterocycles. The Morgan fingerprint density at radius 1 is 1.12 bits per heavy atom. The number of likely N-dealkylation sites (tertiary alicyclic amines) is 1. The Hall–Kier alpha value is -4.03. The Kier molecular flexibility index (Phi) is 7.37. The Morgan fingerprint density at radius 3 is 2.60 bits per heavy atom. The molecule has 2 fully saturated rings. The van der Waals surface area contributed by atoms with Crippen molar-refractivity contribution in [2.24, 2.45) is 5.41 Å². The molecular weight excluding hydrogens is 550 g/mol. The summed E-state index contributed by atoms with van der Waals surface area (Å²) in [7, 11) is 1.58. The highest BCUT2D eigenvalue weighted by Crippen LogP contribution is 2.47. The van der Waals surface area contributed by atoms with Gasteiger partial charge in [-0.1, -0.05) is 19.1 Å². The van der Waals surface area contributed by atoms with Crippen molar-refractivity contribution in [1.29, 1.82) is 0 Å². The van der Waals surface area contributed by atoms with Gasteiger partial charge in [0.1, 0.15) is 12.4 Å². The molecule has 0 radical (unpaired) electrons. The van der Waals surface area contributed by atoms with Crippen molar-refractivity contribution in [3.05, 3.63) is 53.2 Å². The van der Waals surface area contributed by atoms with Crippen LogP contribution in [0.3, 0.4) is 0 Å². The molecule has 2 aromatic rings. The minimum atomic E-state index is -1.50. The quantitative estimate of drug-likeness (QED) is 0.330. The number of carbonyl (C=O) groups excluding carboxylic acids is 4. The number of urea groups is 1. The first-order valence-electron chi connectivity index (χ1n) is 15.0. The third kappa shape index (κ3) is 5.12. The monoisotopic (exact) mass is 589 g/mol. The highest BCUT2D eigenvalue weighted by atomic mass is 16.3. The van der Waals surface area contributed by atoms with Gasteiger partial charge in [-0.15, -0.1) is 0 Å². The molecule has 0 unspecified atom stereocenters. The van der Waals surface area contributed by atoms with Crippen LogP contribution in [0.2, 0.25) is 0 Å². The molecule has 5 amide bonds. The molecule has 228 valence electrons. The van der Waals surface area contributed by atoms with E-state index in [1.165, 1.54) is 4.90 Å². The Bertz CT molecular complexity index is 1460. The number of anilines is 2. The molecule has 1 spiro atoms. The zero-order chi connectivity index (χ0) is 30.4. The summed E-state index contributed by atoms with van der Waals surface area (Å²) in [4.78, 5) is 60.1. The summed E-state index contributed by atoms with van der Waals surface area (Å²) in [5.74, 6) is -0.178. The number of nitrogens with zero attached hydrogens (tertiary/aromatic N) is 3. The van der Waals surface area contributed by atoms with Crippen LogP contribution < -0.4 is 21.3 Å². The first-order chi connectivity index (χ1) is 20.6. The highest BCUT2D eigenvalue weighted by Gasteiger charge is 2.51. The van der Waals surface area contributed by atoms with Gasteiger partial charge >= 0.3 is 6.03 Å². The Balaban J connectivity index is 1.18. The van der Waals surface area contributed by atoms with Crippen LogP contribution in [0, 0.1) is 5.41 Å². The average molecular weight is 590 g/mol. The van der Waals surface area contributed by atoms with Crippen LogP contribution in [-0.4, -0.2) is 89.1 Å². The maximum atomic E-state index is 14.1. The van der Waals surface area contributed by atoms with E-state index < -0.39 is 22.5 Å². The Morgan fingerprint density at radius 2 is 1.88 bits per heavy atom. The predicted molar refractivity (Wildman–Crippen MR) is 159 cm³/mol. The van der Waals surface area contributed by atoms with Gasteiger partial charge in [0.2, 0.25) is 17.7 Å². The van der Waals surface area contributed by atoms with E-state index in [1.54, 1.807) is 18.1 Å². The fourth-order valence-corrected chi connectivity index (χ4v) is 7.10. The highest BCUT2D eigenvalue weighted by molar-refractivity contribution is 6.06. The summed E-state index contributed by atoms with van der Waals surface area (Å²) in [5, 5.41) is 23.3. The smallest absolute Gasteiger partial charge is 0.317 e. The number of hydrogen-bond acceptors (Lipinski definition) is 7. The van der Waals surface area contributed by atoms with Crippen LogP contribution in [0.5, 0.6) is 0 Å². The standard InChI is InChI=1S/C31H39N7O5/c1-29(9-13-37(14-10-29)28(42)32-2)27(41)38(31(43)8-4-11-33-19-31)18-24(39)35-22-7-6-20-16-30(17-21(20)15-22)23-5-3-12-34-25(23)36-26(30)40/h3,5-7,12,15,33,43H,4,8-11,13-14,16-19H2,1-2H3,(H,32,42)(H,35,39)(H,34,36,40)/t30-,31+/m1/s1. The second-order valence-corrected chi connectivity index (χ2v) is 12.6. The van der Waals surface area contributed by atoms with Crippen molar-refractivity contribution < 1.29 is 24.3 Å². The number of aliphatic hydroxyl groups is 1. The molecule has 1 aromatic carbocycles. The molecule has 0 bridgehead atoms. The topological polar surface area (TPSA) is 156 Å². The summed E-state index contributed by atoms with van der Waals surface area (Å²) in [6.07, 6.45) is 4.60. The summed E-state index contributed by atoms with van der Waals surface area (Å²) in [6, 6.07) is 9.23. The van der Waals surface area contributed by atoms with Crippen molar-refractivity contribution in [1.82, 2.24) is 25.4 Å². The number of hydrogen-bond donors (Lipinski definition) is 5. The SMILES string of the molecule is CNC(=O)N1CCC(C)(C(=O)N(CC(=O)Nc2ccc3c(c2)C[C@@]2(C3)C(=O)Nc3ncccc32)[C@]2(O)CCCNC2)CC1. The lowest BCUT2D eigenvalue weighted by Crippen LogP contribution is -2.64. The van der Waals surface area contributed by atoms with Crippen LogP contribution in [0.15, 0.2) is 36.5 Å². The van der Waals surface area contributed by atoms with E-state index in [1.807, 2.05) is 37.3 Å². The van der Waals surface area contributed by atoms with Crippen molar-refractivity contribution in [2.75, 3.05) is 50.4 Å². The van der Waals surface area contributed by atoms with E-state index in [0.717, 1.165) is 23.2 Å². The number of β-amino-alcohol motifs (C(OH)–C–C–N with tert-alkyl or cyclic N) is 1. The van der Waals surface area contributed by atoms with Gasteiger partial charge in [-0.3, -0.25) is 14.4 Å². The fraction of sp³-hybridized carbons (Fsp3) is 0.516. The van der Waals surface area contributed by atoms with Crippen molar-refractivity contribution in [3.63, 3.8) is 0 Å². The van der Waals surface area contributed by atoms with Gasteiger partial charge in [-0.2, -0.15) is 0 Å². The molecule has 6 rings (SSSR count). The summed E-state index contributed by atoms with van der Waals surface area (Å²) < 4.78 is 0. The average Bonchev–Trinajstić information content (AvgIpc) is 3.52. The van der Waals surface area contributed by atoms with Gasteiger partial charge in [-0.05, 0) is 74.4 Å². The molecule has 2 saturated heterocycles. The van der Waals surface area contributed by atoms with E-state index in [9.17, 15) is 24.3 Å². The molecular formula is C31H39N7O5. The largest absolute Gasteiger partial charge is 0.369 e. The van der Waals surface area contributed by atoms with Gasteiger partial charge in [0.15, 0.2) is 5.72 Å². The molecule has 2 atom stereocenters. The van der Waals surface area contributed by atoms with Crippen LogP contribution in [0.25, 0.3) is 0 Å². The Labute approximate surface area is 250 Å². The minimum absolute atomic E-state index is 0.0684. The molecule has 3 aliphatic heterocycles. The summed E-state index contributed by atoms with van der Waals surface area (Å²) in [5.41, 5.74) is 0.431. The normalized spacial score (nSPS) is 25.5. The van der Waals surface area contributed by atoms with Gasteiger partial charge < -0.3 is 36.2 Å². The van der Waals surface area contributed by atoms with Crippen molar-refractivity contribution in [3.8, 4) is 0 Å². The van der Waals surface area contributed by atoms with Crippen LogP contribution >= 0.6 is 0 Å². The number of nitrogens with one attached hydrogen (secondary N) is 4. The number of pyridine rings is 1. The van der Waals surface area contributed by atoms with E-state index in [2.05, 4.69) is 26.3 Å². The zero-order valence-corrected chi connectivity index (χ0v) is 24.7. The first-order valence-corrected chi connectivity index (χ1v) is 15.0. The maximum Gasteiger partial charge on any atom is 0.317 e. The van der Waals surface area contributed by atoms with E-state index in [0.29, 0.717) is 63.1 Å². The van der Waals surface area contributed by atoms with Gasteiger partial charge in [0.05, 0.1) is 10.8 Å². The van der Waals surface area contributed by atoms with Gasteiger partial charge in [-0.25, -0.2) is 9.78 Å². The third-order valence-electron chi connectivity index (χ3n) is 9.74. The number of piperidine rings is 2. The van der Waals surface area contributed by atoms with Crippen LogP contribution in [-0.2, 0) is 32.6 Å². The van der Waals surface area contributed by atoms with Gasteiger partial charge in [0, 0.05) is 44.1 Å². The number of rotatable bonds is 5. The van der Waals surface area contributed by atoms with Crippen LogP contribution in [0.4, 0.5) is 16.3 Å². The van der Waals surface area contributed by atoms with Crippen molar-refractivity contribution in [2.45, 2.75) is 56.6 Å². The van der Waals surface area contributed by atoms with E-state index >= 15 is 0 Å². The minimum Gasteiger partial charge on any atom is -0.369 e. The van der Waals surface area contributed by atoms with E-state index in [4.69, 9.17) is 0 Å². The number of benzene rings is 1. The zero-order valence-electron chi connectivity index (χ0n) is 24.7. The fourth-order valence-electron chi connectivity index (χ4n) is 7.10. The number of amides is 5. The van der Waals surface area contributed by atoms with Gasteiger partial charge in [0.25, 0.3) is 0 Å². The molecule has 0 saturated carbocycles. The number of aromatic nitrogens is 1. The molecule has 12 heteroatoms. The van der Waals surface area contributed by atoms with Crippen LogP contribution in [0.1, 0.15) is 49.3 Å². The summed E-state index contributed by atoms with van der Waals surface area (Å²) >= 11 is 0. The molecule has 4 aliphatic rings. The number of carbonyl (C=O) groups is 4. The van der Waals surface area contributed by atoms with Crippen molar-refractivity contribution >= 4 is 35.3 Å². The molecule has 1 aliphatic carbocycles. The lowest BCUT2D eigenvalue weighted by Gasteiger charge is -2.47. The second kappa shape index (κ2) is 10.9. The molecule has 43 heavy (non-hydrogen) atoms. The lowest BCUT2D eigenvalue weighted by atomic mass is 9.78.